The zero-order chi connectivity index (χ0) is 26.0. The molecular weight excluding hydrogens is 659 g/mol. The molecule has 4 aromatic rings. The molecule has 0 radical (unpaired) electrons. The number of benzene rings is 2. The van der Waals surface area contributed by atoms with E-state index in [4.69, 9.17) is 0 Å². The second kappa shape index (κ2) is 22.7. The van der Waals surface area contributed by atoms with Crippen LogP contribution in [0.4, 0.5) is 11.4 Å². The molecule has 19 heteroatoms. The van der Waals surface area contributed by atoms with E-state index in [1.54, 1.807) is 49.1 Å². The van der Waals surface area contributed by atoms with E-state index in [0.717, 1.165) is 0 Å². The molecule has 2 heterocycles. The van der Waals surface area contributed by atoms with E-state index in [2.05, 4.69) is 20.0 Å². The van der Waals surface area contributed by atoms with E-state index in [-0.39, 0.29) is 59.1 Å². The summed E-state index contributed by atoms with van der Waals surface area (Å²) in [6.45, 7) is 0. The van der Waals surface area contributed by atoms with Crippen molar-refractivity contribution in [3.05, 3.63) is 109 Å². The molecule has 0 atom stereocenters. The zero-order valence-corrected chi connectivity index (χ0v) is 24.5. The van der Waals surface area contributed by atoms with Gasteiger partial charge in [0.1, 0.15) is 20.2 Å². The van der Waals surface area contributed by atoms with Gasteiger partial charge in [0.05, 0.1) is 45.0 Å². The van der Waals surface area contributed by atoms with Crippen molar-refractivity contribution in [3.8, 4) is 0 Å². The van der Waals surface area contributed by atoms with Gasteiger partial charge in [0.2, 0.25) is 0 Å². The molecule has 2 aromatic carbocycles. The molecular formula is C24H32N4NiO12S2+2. The molecule has 43 heavy (non-hydrogen) atoms. The third kappa shape index (κ3) is 17.0. The number of hydrogen-bond donors (Lipinski definition) is 0. The Labute approximate surface area is 257 Å². The van der Waals surface area contributed by atoms with Crippen molar-refractivity contribution in [3.63, 3.8) is 0 Å². The van der Waals surface area contributed by atoms with Crippen LogP contribution >= 0.6 is 0 Å². The number of aromatic nitrogens is 2. The van der Waals surface area contributed by atoms with Crippen LogP contribution in [-0.4, -0.2) is 70.2 Å². The Hall–Kier alpha value is -3.85. The molecule has 0 saturated heterocycles. The number of nitrogens with zero attached hydrogens (tertiary/aromatic N) is 4. The average molecular weight is 691 g/mol. The molecule has 0 aliphatic heterocycles. The van der Waals surface area contributed by atoms with Crippen LogP contribution in [0.5, 0.6) is 0 Å². The SMILES string of the molecule is O.O.O.O.O=S(=O)([O-])c1ccc(N=Cc2ccccn2)cc1.O=S(=O)([O-])c1ccc(N=Cc2ccccn2)cc1.[Ni+2].[OH3+].[OH3+]. The molecule has 0 unspecified atom stereocenters. The van der Waals surface area contributed by atoms with Gasteiger partial charge in [-0.25, -0.2) is 16.8 Å². The third-order valence-electron chi connectivity index (χ3n) is 4.32. The van der Waals surface area contributed by atoms with Crippen LogP contribution in [0.15, 0.2) is 117 Å². The van der Waals surface area contributed by atoms with Gasteiger partial charge in [-0.1, -0.05) is 12.1 Å². The minimum absolute atomic E-state index is 0. The molecule has 2 aromatic heterocycles. The fourth-order valence-electron chi connectivity index (χ4n) is 2.58. The topological polar surface area (TPSA) is 357 Å². The van der Waals surface area contributed by atoms with Crippen molar-refractivity contribution in [2.24, 2.45) is 9.98 Å². The Bertz CT molecular complexity index is 1440. The van der Waals surface area contributed by atoms with Crippen LogP contribution in [0.2, 0.25) is 0 Å². The fraction of sp³-hybridized carbons (Fsp3) is 0. The van der Waals surface area contributed by atoms with E-state index in [0.29, 0.717) is 22.8 Å². The Morgan fingerprint density at radius 1 is 0.535 bits per heavy atom. The van der Waals surface area contributed by atoms with Gasteiger partial charge in [-0.3, -0.25) is 20.0 Å². The normalized spacial score (nSPS) is 9.91. The van der Waals surface area contributed by atoms with Crippen LogP contribution in [0.25, 0.3) is 0 Å². The van der Waals surface area contributed by atoms with Gasteiger partial charge in [0, 0.05) is 12.4 Å². The van der Waals surface area contributed by atoms with Gasteiger partial charge in [-0.05, 0) is 72.8 Å². The summed E-state index contributed by atoms with van der Waals surface area (Å²) in [5.41, 5.74) is 2.48. The molecule has 4 rings (SSSR count). The fourth-order valence-corrected chi connectivity index (χ4v) is 3.52. The molecule has 0 saturated carbocycles. The van der Waals surface area contributed by atoms with Gasteiger partial charge in [0.25, 0.3) is 0 Å². The molecule has 14 N–H and O–H groups in total. The molecule has 0 fully saturated rings. The quantitative estimate of drug-likeness (QED) is 0.0970. The third-order valence-corrected chi connectivity index (χ3v) is 6.02. The monoisotopic (exact) mass is 690 g/mol. The van der Waals surface area contributed by atoms with Crippen LogP contribution in [0, 0.1) is 0 Å². The molecule has 0 aliphatic carbocycles. The smallest absolute Gasteiger partial charge is 0.744 e. The van der Waals surface area contributed by atoms with Gasteiger partial charge >= 0.3 is 16.5 Å². The van der Waals surface area contributed by atoms with E-state index >= 15 is 0 Å². The second-order valence-corrected chi connectivity index (χ2v) is 9.68. The van der Waals surface area contributed by atoms with E-state index in [1.165, 1.54) is 48.5 Å². The van der Waals surface area contributed by atoms with Crippen molar-refractivity contribution in [2.75, 3.05) is 0 Å². The summed E-state index contributed by atoms with van der Waals surface area (Å²) in [4.78, 5) is 15.8. The van der Waals surface area contributed by atoms with Crippen LogP contribution in [0.3, 0.4) is 0 Å². The maximum Gasteiger partial charge on any atom is 2.00 e. The summed E-state index contributed by atoms with van der Waals surface area (Å²) >= 11 is 0. The van der Waals surface area contributed by atoms with Crippen molar-refractivity contribution in [2.45, 2.75) is 9.79 Å². The summed E-state index contributed by atoms with van der Waals surface area (Å²) in [5.74, 6) is 0. The first-order valence-corrected chi connectivity index (χ1v) is 12.9. The number of pyridine rings is 2. The predicted molar refractivity (Wildman–Crippen MR) is 156 cm³/mol. The summed E-state index contributed by atoms with van der Waals surface area (Å²) in [6, 6.07) is 21.6. The Morgan fingerprint density at radius 3 is 1.07 bits per heavy atom. The van der Waals surface area contributed by atoms with Crippen molar-refractivity contribution < 1.29 is 75.3 Å². The molecule has 0 amide bonds. The Kier molecular flexibility index (Phi) is 25.8. The van der Waals surface area contributed by atoms with Gasteiger partial charge in [-0.2, -0.15) is 0 Å². The first-order chi connectivity index (χ1) is 17.1. The van der Waals surface area contributed by atoms with Crippen LogP contribution in [0.1, 0.15) is 11.4 Å². The van der Waals surface area contributed by atoms with Gasteiger partial charge in [0.15, 0.2) is 0 Å². The van der Waals surface area contributed by atoms with Gasteiger partial charge in [-0.15, -0.1) is 0 Å². The van der Waals surface area contributed by atoms with E-state index < -0.39 is 20.2 Å². The van der Waals surface area contributed by atoms with Crippen LogP contribution < -0.4 is 0 Å². The Balaban J connectivity index is -0.000000193. The summed E-state index contributed by atoms with van der Waals surface area (Å²) in [7, 11) is -8.80. The largest absolute Gasteiger partial charge is 2.00 e. The van der Waals surface area contributed by atoms with Crippen molar-refractivity contribution >= 4 is 44.0 Å². The van der Waals surface area contributed by atoms with E-state index in [1.807, 2.05) is 12.1 Å². The van der Waals surface area contributed by atoms with Crippen LogP contribution in [-0.2, 0) is 47.7 Å². The number of hydrogen-bond acceptors (Lipinski definition) is 10. The standard InChI is InChI=1S/2C12H10N2O3S.Ni.6H2O/c2*15-18(16,17)12-6-4-10(5-7-12)14-9-11-3-1-2-8-13-11;;;;;;;/h2*1-9H,(H,15,16,17);;6*1H2/q;;+2;;;;;;. The van der Waals surface area contributed by atoms with Crippen molar-refractivity contribution in [1.82, 2.24) is 9.97 Å². The molecule has 0 bridgehead atoms. The predicted octanol–water partition coefficient (Wildman–Crippen LogP) is -1.67. The van der Waals surface area contributed by atoms with E-state index in [9.17, 15) is 25.9 Å². The minimum Gasteiger partial charge on any atom is -0.744 e. The maximum atomic E-state index is 10.7. The first-order valence-electron chi connectivity index (χ1n) is 10.1. The maximum absolute atomic E-state index is 10.7. The van der Waals surface area contributed by atoms with Gasteiger partial charge < -0.3 is 42.0 Å². The average Bonchev–Trinajstić information content (AvgIpc) is 2.87. The van der Waals surface area contributed by atoms with Crippen molar-refractivity contribution in [1.29, 1.82) is 0 Å². The molecule has 240 valence electrons. The molecule has 16 nitrogen and oxygen atoms in total. The number of aliphatic imine (C=N–C) groups is 2. The Morgan fingerprint density at radius 2 is 0.837 bits per heavy atom. The molecule has 0 aliphatic rings. The minimum atomic E-state index is -4.40. The summed E-state index contributed by atoms with van der Waals surface area (Å²) in [6.07, 6.45) is 6.41. The first kappa shape index (κ1) is 48.9. The number of rotatable bonds is 6. The summed E-state index contributed by atoms with van der Waals surface area (Å²) < 4.78 is 64.3. The zero-order valence-electron chi connectivity index (χ0n) is 21.9. The second-order valence-electron chi connectivity index (χ2n) is 6.92. The summed E-state index contributed by atoms with van der Waals surface area (Å²) in [5, 5.41) is 0. The molecule has 0 spiro atoms.